The minimum Gasteiger partial charge on any atom is -0.293 e. The van der Waals surface area contributed by atoms with Crippen molar-refractivity contribution in [2.45, 2.75) is 38.4 Å². The Bertz CT molecular complexity index is 680. The molecule has 2 heterocycles. The number of hydrogen-bond acceptors (Lipinski definition) is 2. The summed E-state index contributed by atoms with van der Waals surface area (Å²) >= 11 is 0. The maximum absolute atomic E-state index is 12.9. The highest BCUT2D eigenvalue weighted by Crippen LogP contribution is 2.45. The molecule has 0 amide bonds. The molecule has 2 aliphatic heterocycles. The van der Waals surface area contributed by atoms with Gasteiger partial charge in [-0.05, 0) is 17.7 Å². The Kier molecular flexibility index (Phi) is 3.63. The molecule has 0 spiro atoms. The van der Waals surface area contributed by atoms with Gasteiger partial charge in [0.2, 0.25) is 0 Å². The monoisotopic (exact) mass is 325 g/mol. The van der Waals surface area contributed by atoms with Gasteiger partial charge in [0.15, 0.2) is 5.78 Å². The summed E-state index contributed by atoms with van der Waals surface area (Å²) < 4.78 is 38.8. The summed E-state index contributed by atoms with van der Waals surface area (Å²) in [6.45, 7) is 2.02. The van der Waals surface area contributed by atoms with Crippen molar-refractivity contribution in [3.63, 3.8) is 0 Å². The molecule has 2 unspecified atom stereocenters. The summed E-state index contributed by atoms with van der Waals surface area (Å²) in [6.07, 6.45) is 0.685. The van der Waals surface area contributed by atoms with E-state index in [1.54, 1.807) is 12.2 Å². The minimum absolute atomic E-state index is 0.0548. The van der Waals surface area contributed by atoms with E-state index in [-0.39, 0.29) is 22.6 Å². The van der Waals surface area contributed by atoms with Gasteiger partial charge >= 0.3 is 6.18 Å². The zero-order chi connectivity index (χ0) is 17.0. The maximum Gasteiger partial charge on any atom is 0.395 e. The number of nitrogens with zero attached hydrogens (tertiary/aromatic N) is 2. The Morgan fingerprint density at radius 2 is 2.04 bits per heavy atom. The molecule has 124 valence electrons. The summed E-state index contributed by atoms with van der Waals surface area (Å²) in [7, 11) is 3.64. The lowest BCUT2D eigenvalue weighted by atomic mass is 9.79. The van der Waals surface area contributed by atoms with Gasteiger partial charge in [-0.1, -0.05) is 6.92 Å². The van der Waals surface area contributed by atoms with Crippen LogP contribution < -0.4 is 0 Å². The Morgan fingerprint density at radius 1 is 1.35 bits per heavy atom. The number of allylic oxidation sites excluding steroid dienone is 5. The van der Waals surface area contributed by atoms with Crippen molar-refractivity contribution in [1.82, 2.24) is 0 Å². The van der Waals surface area contributed by atoms with E-state index >= 15 is 0 Å². The van der Waals surface area contributed by atoms with Gasteiger partial charge in [0.1, 0.15) is 11.7 Å². The highest BCUT2D eigenvalue weighted by molar-refractivity contribution is 6.29. The lowest BCUT2D eigenvalue weighted by molar-refractivity contribution is -0.876. The molecule has 0 aromatic heterocycles. The van der Waals surface area contributed by atoms with Crippen LogP contribution in [0.2, 0.25) is 0 Å². The molecule has 1 aliphatic carbocycles. The van der Waals surface area contributed by atoms with E-state index in [9.17, 15) is 18.0 Å². The minimum atomic E-state index is -4.20. The number of fused-ring (bicyclic) bond motifs is 1. The first-order valence-corrected chi connectivity index (χ1v) is 7.72. The van der Waals surface area contributed by atoms with E-state index in [4.69, 9.17) is 0 Å². The second-order valence-electron chi connectivity index (χ2n) is 7.02. The molecule has 0 saturated heterocycles. The predicted molar refractivity (Wildman–Crippen MR) is 81.7 cm³/mol. The SMILES string of the molecule is CC1CC2=C(C=CC(CC(F)(F)F)[N+]2(C)C)C2=C1N=CC(=O)C2. The molecule has 0 aromatic carbocycles. The van der Waals surface area contributed by atoms with Crippen molar-refractivity contribution in [3.8, 4) is 0 Å². The predicted octanol–water partition coefficient (Wildman–Crippen LogP) is 3.55. The van der Waals surface area contributed by atoms with Crippen molar-refractivity contribution < 1.29 is 22.4 Å². The van der Waals surface area contributed by atoms with Crippen molar-refractivity contribution in [1.29, 1.82) is 0 Å². The molecule has 3 rings (SSSR count). The number of likely N-dealkylation sites (N-methyl/N-ethyl adjacent to an activating group) is 1. The summed E-state index contributed by atoms with van der Waals surface area (Å²) in [5.74, 6) is 0.0596. The molecule has 0 radical (unpaired) electrons. The normalized spacial score (nSPS) is 29.7. The first kappa shape index (κ1) is 16.2. The van der Waals surface area contributed by atoms with Gasteiger partial charge in [0.05, 0.1) is 26.7 Å². The van der Waals surface area contributed by atoms with E-state index in [1.807, 2.05) is 21.0 Å². The molecule has 6 heteroatoms. The first-order chi connectivity index (χ1) is 10.6. The number of aliphatic imine (C=N–C) groups is 1. The highest BCUT2D eigenvalue weighted by atomic mass is 19.4. The van der Waals surface area contributed by atoms with E-state index in [1.165, 1.54) is 6.21 Å². The van der Waals surface area contributed by atoms with Crippen LogP contribution in [0.4, 0.5) is 13.2 Å². The molecule has 2 atom stereocenters. The molecule has 3 aliphatic rings. The topological polar surface area (TPSA) is 29.4 Å². The number of quaternary nitrogens is 1. The van der Waals surface area contributed by atoms with Crippen LogP contribution in [0.15, 0.2) is 39.7 Å². The average molecular weight is 325 g/mol. The van der Waals surface area contributed by atoms with Crippen LogP contribution in [-0.4, -0.2) is 42.8 Å². The van der Waals surface area contributed by atoms with Crippen molar-refractivity contribution in [2.24, 2.45) is 10.9 Å². The Hall–Kier alpha value is -1.69. The number of ketones is 1. The number of carbonyl (C=O) groups is 1. The van der Waals surface area contributed by atoms with Gasteiger partial charge in [-0.25, -0.2) is 0 Å². The standard InChI is InChI=1S/C17H20F3N2O/c1-10-6-15-13(14-7-12(23)9-21-16(10)14)5-4-11(22(15,2)3)8-17(18,19)20/h4-5,9-11H,6-8H2,1-3H3/q+1. The average Bonchev–Trinajstić information content (AvgIpc) is 2.41. The van der Waals surface area contributed by atoms with Crippen molar-refractivity contribution in [2.75, 3.05) is 14.1 Å². The third kappa shape index (κ3) is 2.80. The first-order valence-electron chi connectivity index (χ1n) is 7.72. The number of rotatable bonds is 1. The van der Waals surface area contributed by atoms with Gasteiger partial charge in [-0.15, -0.1) is 0 Å². The molecule has 0 aromatic rings. The van der Waals surface area contributed by atoms with Gasteiger partial charge in [0.25, 0.3) is 0 Å². The third-order valence-corrected chi connectivity index (χ3v) is 5.06. The van der Waals surface area contributed by atoms with Crippen LogP contribution in [0.5, 0.6) is 0 Å². The summed E-state index contributed by atoms with van der Waals surface area (Å²) in [4.78, 5) is 16.0. The highest BCUT2D eigenvalue weighted by Gasteiger charge is 2.45. The third-order valence-electron chi connectivity index (χ3n) is 5.06. The largest absolute Gasteiger partial charge is 0.395 e. The number of Topliss-reactive ketones (excluding diaryl/α,β-unsaturated/α-hetero) is 1. The Balaban J connectivity index is 2.03. The molecule has 3 nitrogen and oxygen atoms in total. The van der Waals surface area contributed by atoms with Crippen LogP contribution in [0.3, 0.4) is 0 Å². The van der Waals surface area contributed by atoms with E-state index < -0.39 is 18.6 Å². The van der Waals surface area contributed by atoms with E-state index in [0.717, 1.165) is 22.5 Å². The van der Waals surface area contributed by atoms with Crippen LogP contribution >= 0.6 is 0 Å². The summed E-state index contributed by atoms with van der Waals surface area (Å²) in [6, 6.07) is -0.633. The fourth-order valence-corrected chi connectivity index (χ4v) is 3.76. The number of carbonyl (C=O) groups excluding carboxylic acids is 1. The van der Waals surface area contributed by atoms with E-state index in [2.05, 4.69) is 4.99 Å². The zero-order valence-corrected chi connectivity index (χ0v) is 13.4. The Morgan fingerprint density at radius 3 is 2.70 bits per heavy atom. The second-order valence-corrected chi connectivity index (χ2v) is 7.02. The molecule has 0 bridgehead atoms. The van der Waals surface area contributed by atoms with Crippen LogP contribution in [0, 0.1) is 5.92 Å². The summed E-state index contributed by atoms with van der Waals surface area (Å²) in [5.41, 5.74) is 3.67. The van der Waals surface area contributed by atoms with Gasteiger partial charge in [-0.3, -0.25) is 14.3 Å². The second kappa shape index (κ2) is 5.16. The molecule has 0 fully saturated rings. The fraction of sp³-hybridized carbons (Fsp3) is 0.529. The lowest BCUT2D eigenvalue weighted by Crippen LogP contribution is -2.51. The Labute approximate surface area is 133 Å². The van der Waals surface area contributed by atoms with Crippen LogP contribution in [0.1, 0.15) is 26.2 Å². The maximum atomic E-state index is 12.9. The smallest absolute Gasteiger partial charge is 0.293 e. The molecule has 23 heavy (non-hydrogen) atoms. The molecular formula is C17H20F3N2O+. The van der Waals surface area contributed by atoms with E-state index in [0.29, 0.717) is 6.42 Å². The molecular weight excluding hydrogens is 305 g/mol. The van der Waals surface area contributed by atoms with Crippen LogP contribution in [0.25, 0.3) is 0 Å². The molecule has 0 N–H and O–H groups in total. The van der Waals surface area contributed by atoms with Gasteiger partial charge < -0.3 is 0 Å². The van der Waals surface area contributed by atoms with Crippen molar-refractivity contribution >= 4 is 12.0 Å². The molecule has 0 saturated carbocycles. The van der Waals surface area contributed by atoms with Crippen molar-refractivity contribution in [3.05, 3.63) is 34.7 Å². The summed E-state index contributed by atoms with van der Waals surface area (Å²) in [5, 5.41) is 0. The van der Waals surface area contributed by atoms with Gasteiger partial charge in [0, 0.05) is 30.0 Å². The quantitative estimate of drug-likeness (QED) is 0.678. The zero-order valence-electron chi connectivity index (χ0n) is 13.4. The number of alkyl halides is 3. The number of halogens is 3. The fourth-order valence-electron chi connectivity index (χ4n) is 3.76. The lowest BCUT2D eigenvalue weighted by Gasteiger charge is -2.44. The van der Waals surface area contributed by atoms with Crippen LogP contribution in [-0.2, 0) is 4.79 Å². The van der Waals surface area contributed by atoms with Gasteiger partial charge in [-0.2, -0.15) is 13.2 Å². The number of hydrogen-bond donors (Lipinski definition) is 0.